The van der Waals surface area contributed by atoms with Crippen molar-refractivity contribution in [2.24, 2.45) is 0 Å². The van der Waals surface area contributed by atoms with E-state index in [0.29, 0.717) is 34.5 Å². The average Bonchev–Trinajstić information content (AvgIpc) is 3.43. The number of carbonyl (C=O) groups is 3. The first kappa shape index (κ1) is 25.1. The molecule has 0 aromatic heterocycles. The number of fused-ring (bicyclic) bond motifs is 1. The van der Waals surface area contributed by atoms with Gasteiger partial charge in [0.15, 0.2) is 0 Å². The van der Waals surface area contributed by atoms with Crippen molar-refractivity contribution in [2.75, 3.05) is 18.6 Å². The molecule has 5 rings (SSSR count). The molecular weight excluding hydrogens is 486 g/mol. The first-order valence-corrected chi connectivity index (χ1v) is 12.3. The Hall–Kier alpha value is -4.59. The van der Waals surface area contributed by atoms with E-state index in [1.165, 1.54) is 24.1 Å². The van der Waals surface area contributed by atoms with Crippen molar-refractivity contribution >= 4 is 29.1 Å². The number of hydrogen-bond donors (Lipinski definition) is 1. The Kier molecular flexibility index (Phi) is 6.63. The quantitative estimate of drug-likeness (QED) is 0.218. The van der Waals surface area contributed by atoms with Gasteiger partial charge in [-0.15, -0.1) is 0 Å². The van der Waals surface area contributed by atoms with Gasteiger partial charge in [0, 0.05) is 17.7 Å². The van der Waals surface area contributed by atoms with Gasteiger partial charge in [0.2, 0.25) is 0 Å². The molecule has 38 heavy (non-hydrogen) atoms. The first-order valence-electron chi connectivity index (χ1n) is 12.3. The van der Waals surface area contributed by atoms with Gasteiger partial charge in [-0.05, 0) is 79.6 Å². The minimum atomic E-state index is -0.929. The Morgan fingerprint density at radius 1 is 1.05 bits per heavy atom. The van der Waals surface area contributed by atoms with Crippen LogP contribution in [-0.4, -0.2) is 42.6 Å². The molecule has 0 aliphatic carbocycles. The first-order chi connectivity index (χ1) is 18.3. The zero-order valence-corrected chi connectivity index (χ0v) is 21.3. The topological polar surface area (TPSA) is 102 Å². The van der Waals surface area contributed by atoms with E-state index in [0.717, 1.165) is 11.3 Å². The Balaban J connectivity index is 1.64. The summed E-state index contributed by atoms with van der Waals surface area (Å²) in [5, 5.41) is 11.5. The Morgan fingerprint density at radius 3 is 2.50 bits per heavy atom. The van der Waals surface area contributed by atoms with E-state index >= 15 is 0 Å². The fraction of sp³-hybridized carbons (Fsp3) is 0.233. The molecule has 8 heteroatoms. The van der Waals surface area contributed by atoms with Crippen molar-refractivity contribution in [2.45, 2.75) is 32.4 Å². The lowest BCUT2D eigenvalue weighted by molar-refractivity contribution is -0.132. The fourth-order valence-corrected chi connectivity index (χ4v) is 4.92. The van der Waals surface area contributed by atoms with Crippen LogP contribution in [0, 0.1) is 0 Å². The van der Waals surface area contributed by atoms with Crippen LogP contribution in [0.3, 0.4) is 0 Å². The third kappa shape index (κ3) is 4.38. The van der Waals surface area contributed by atoms with Gasteiger partial charge in [-0.25, -0.2) is 4.79 Å². The number of ketones is 1. The van der Waals surface area contributed by atoms with Crippen molar-refractivity contribution in [3.05, 3.63) is 94.6 Å². The number of aliphatic hydroxyl groups excluding tert-OH is 1. The lowest BCUT2D eigenvalue weighted by Gasteiger charge is -2.26. The highest BCUT2D eigenvalue weighted by Crippen LogP contribution is 2.43. The highest BCUT2D eigenvalue weighted by molar-refractivity contribution is 6.51. The van der Waals surface area contributed by atoms with Gasteiger partial charge in [-0.2, -0.15) is 0 Å². The zero-order chi connectivity index (χ0) is 27.0. The molecule has 0 bridgehead atoms. The molecule has 2 atom stereocenters. The number of rotatable bonds is 6. The predicted molar refractivity (Wildman–Crippen MR) is 140 cm³/mol. The Labute approximate surface area is 220 Å². The van der Waals surface area contributed by atoms with Crippen LogP contribution in [0.4, 0.5) is 5.69 Å². The van der Waals surface area contributed by atoms with Gasteiger partial charge >= 0.3 is 5.97 Å². The fourth-order valence-electron chi connectivity index (χ4n) is 4.92. The molecule has 1 amide bonds. The van der Waals surface area contributed by atoms with Crippen LogP contribution >= 0.6 is 0 Å². The van der Waals surface area contributed by atoms with Crippen LogP contribution in [0.25, 0.3) is 5.76 Å². The third-order valence-electron chi connectivity index (χ3n) is 6.68. The van der Waals surface area contributed by atoms with Gasteiger partial charge in [0.25, 0.3) is 11.7 Å². The summed E-state index contributed by atoms with van der Waals surface area (Å²) in [7, 11) is 1.53. The molecule has 3 aromatic rings. The smallest absolute Gasteiger partial charge is 0.338 e. The van der Waals surface area contributed by atoms with Gasteiger partial charge in [0.05, 0.1) is 30.9 Å². The maximum atomic E-state index is 13.4. The average molecular weight is 514 g/mol. The van der Waals surface area contributed by atoms with E-state index < -0.39 is 23.7 Å². The summed E-state index contributed by atoms with van der Waals surface area (Å²) < 4.78 is 16.2. The van der Waals surface area contributed by atoms with Crippen LogP contribution in [-0.2, 0) is 20.7 Å². The Bertz CT molecular complexity index is 1460. The second-order valence-electron chi connectivity index (χ2n) is 9.17. The molecule has 1 saturated heterocycles. The maximum absolute atomic E-state index is 13.4. The molecule has 0 spiro atoms. The monoisotopic (exact) mass is 513 g/mol. The van der Waals surface area contributed by atoms with Crippen LogP contribution < -0.4 is 14.4 Å². The van der Waals surface area contributed by atoms with Crippen molar-refractivity contribution in [1.29, 1.82) is 0 Å². The van der Waals surface area contributed by atoms with Gasteiger partial charge in [0.1, 0.15) is 23.4 Å². The Morgan fingerprint density at radius 2 is 1.79 bits per heavy atom. The van der Waals surface area contributed by atoms with Crippen LogP contribution in [0.2, 0.25) is 0 Å². The number of Topliss-reactive ketones (excluding diaryl/α,β-unsaturated/α-hetero) is 1. The van der Waals surface area contributed by atoms with Crippen molar-refractivity contribution < 1.29 is 33.7 Å². The number of carbonyl (C=O) groups excluding carboxylic acids is 3. The van der Waals surface area contributed by atoms with Crippen molar-refractivity contribution in [3.63, 3.8) is 0 Å². The highest BCUT2D eigenvalue weighted by atomic mass is 16.5. The second kappa shape index (κ2) is 10.0. The molecule has 3 aromatic carbocycles. The number of aliphatic hydroxyl groups is 1. The SMILES string of the molecule is CCOC(=O)c1ccc(N2C(=O)C(=O)/C(=C(\O)c3ccc4c(c3)CC(C)O4)C2c2cccc(OC)c2)cc1. The molecule has 194 valence electrons. The number of hydrogen-bond acceptors (Lipinski definition) is 7. The number of nitrogens with zero attached hydrogens (tertiary/aromatic N) is 1. The molecule has 2 heterocycles. The van der Waals surface area contributed by atoms with Crippen molar-refractivity contribution in [3.8, 4) is 11.5 Å². The highest BCUT2D eigenvalue weighted by Gasteiger charge is 2.47. The summed E-state index contributed by atoms with van der Waals surface area (Å²) in [6.07, 6.45) is 0.694. The van der Waals surface area contributed by atoms with E-state index in [-0.39, 0.29) is 24.0 Å². The van der Waals surface area contributed by atoms with E-state index in [2.05, 4.69) is 0 Å². The lowest BCUT2D eigenvalue weighted by atomic mass is 9.94. The largest absolute Gasteiger partial charge is 0.507 e. The second-order valence-corrected chi connectivity index (χ2v) is 9.17. The van der Waals surface area contributed by atoms with Gasteiger partial charge in [-0.1, -0.05) is 12.1 Å². The maximum Gasteiger partial charge on any atom is 0.338 e. The molecule has 1 N–H and O–H groups in total. The molecular formula is C30H27NO7. The number of ether oxygens (including phenoxy) is 3. The minimum absolute atomic E-state index is 0.0161. The summed E-state index contributed by atoms with van der Waals surface area (Å²) in [6.45, 7) is 3.91. The lowest BCUT2D eigenvalue weighted by Crippen LogP contribution is -2.29. The number of amides is 1. The standard InChI is InChI=1S/C30H27NO7/c1-4-37-30(35)18-8-11-22(12-9-18)31-26(19-6-5-7-23(16-19)36-3)25(28(33)29(31)34)27(32)20-10-13-24-21(15-20)14-17(2)38-24/h5-13,15-17,26,32H,4,14H2,1-3H3/b27-25-. The minimum Gasteiger partial charge on any atom is -0.507 e. The number of methoxy groups -OCH3 is 1. The molecule has 1 fully saturated rings. The predicted octanol–water partition coefficient (Wildman–Crippen LogP) is 4.82. The van der Waals surface area contributed by atoms with Crippen LogP contribution in [0.5, 0.6) is 11.5 Å². The zero-order valence-electron chi connectivity index (χ0n) is 21.3. The van der Waals surface area contributed by atoms with E-state index in [9.17, 15) is 19.5 Å². The number of benzene rings is 3. The summed E-state index contributed by atoms with van der Waals surface area (Å²) >= 11 is 0. The normalized spacial score (nSPS) is 19.7. The molecule has 2 aliphatic heterocycles. The third-order valence-corrected chi connectivity index (χ3v) is 6.68. The van der Waals surface area contributed by atoms with Crippen LogP contribution in [0.1, 0.15) is 46.9 Å². The molecule has 2 unspecified atom stereocenters. The molecule has 8 nitrogen and oxygen atoms in total. The number of esters is 1. The van der Waals surface area contributed by atoms with Crippen LogP contribution in [0.15, 0.2) is 72.3 Å². The van der Waals surface area contributed by atoms with E-state index in [1.54, 1.807) is 61.5 Å². The summed E-state index contributed by atoms with van der Waals surface area (Å²) in [5.41, 5.74) is 2.60. The summed E-state index contributed by atoms with van der Waals surface area (Å²) in [5.74, 6) is -1.09. The van der Waals surface area contributed by atoms with E-state index in [1.807, 2.05) is 6.92 Å². The number of anilines is 1. The van der Waals surface area contributed by atoms with Crippen molar-refractivity contribution in [1.82, 2.24) is 0 Å². The molecule has 2 aliphatic rings. The summed E-state index contributed by atoms with van der Waals surface area (Å²) in [4.78, 5) is 40.3. The summed E-state index contributed by atoms with van der Waals surface area (Å²) in [6, 6.07) is 17.5. The molecule has 0 radical (unpaired) electrons. The van der Waals surface area contributed by atoms with E-state index in [4.69, 9.17) is 14.2 Å². The van der Waals surface area contributed by atoms with Gasteiger partial charge < -0.3 is 19.3 Å². The molecule has 0 saturated carbocycles. The van der Waals surface area contributed by atoms with Gasteiger partial charge in [-0.3, -0.25) is 14.5 Å².